The van der Waals surface area contributed by atoms with Gasteiger partial charge in [-0.3, -0.25) is 4.79 Å². The van der Waals surface area contributed by atoms with E-state index in [-0.39, 0.29) is 0 Å². The van der Waals surface area contributed by atoms with Crippen LogP contribution in [0.1, 0.15) is 12.5 Å². The van der Waals surface area contributed by atoms with Gasteiger partial charge in [-0.05, 0) is 30.7 Å². The first-order chi connectivity index (χ1) is 8.75. The molecule has 100 valence electrons. The minimum atomic E-state index is -4.69. The van der Waals surface area contributed by atoms with Crippen molar-refractivity contribution < 1.29 is 22.4 Å². The lowest BCUT2D eigenvalue weighted by atomic mass is 9.73. The first-order valence-electron chi connectivity index (χ1n) is 5.53. The van der Waals surface area contributed by atoms with E-state index in [9.17, 15) is 22.4 Å². The standard InChI is InChI=1S/C14H10F4O/c1-13(9-4-6-10(15)7-5-9)8-2-3-11(12(13)19)14(16,17)18/h2-8H,1H3. The normalized spacial score (nSPS) is 23.4. The van der Waals surface area contributed by atoms with Crippen LogP contribution in [0, 0.1) is 5.82 Å². The number of ketones is 1. The topological polar surface area (TPSA) is 17.1 Å². The number of allylic oxidation sites excluding steroid dienone is 4. The molecule has 5 heteroatoms. The van der Waals surface area contributed by atoms with Gasteiger partial charge in [-0.15, -0.1) is 0 Å². The van der Waals surface area contributed by atoms with Gasteiger partial charge in [0, 0.05) is 0 Å². The highest BCUT2D eigenvalue weighted by Gasteiger charge is 2.46. The van der Waals surface area contributed by atoms with E-state index in [1.165, 1.54) is 31.2 Å². The number of hydrogen-bond donors (Lipinski definition) is 0. The van der Waals surface area contributed by atoms with Crippen molar-refractivity contribution in [2.24, 2.45) is 0 Å². The molecule has 1 atom stereocenters. The smallest absolute Gasteiger partial charge is 0.293 e. The Balaban J connectivity index is 2.47. The Hall–Kier alpha value is -1.91. The lowest BCUT2D eigenvalue weighted by molar-refractivity contribution is -0.132. The quantitative estimate of drug-likeness (QED) is 0.711. The summed E-state index contributed by atoms with van der Waals surface area (Å²) in [4.78, 5) is 12.0. The van der Waals surface area contributed by atoms with Gasteiger partial charge in [0.2, 0.25) is 0 Å². The number of halogens is 4. The number of Topliss-reactive ketones (excluding diaryl/α,β-unsaturated/α-hetero) is 1. The Morgan fingerprint density at radius 3 is 2.21 bits per heavy atom. The van der Waals surface area contributed by atoms with E-state index in [4.69, 9.17) is 0 Å². The lowest BCUT2D eigenvalue weighted by Gasteiger charge is -2.29. The summed E-state index contributed by atoms with van der Waals surface area (Å²) in [5.74, 6) is -1.54. The van der Waals surface area contributed by atoms with E-state index in [1.807, 2.05) is 0 Å². The zero-order chi connectivity index (χ0) is 14.3. The van der Waals surface area contributed by atoms with Crippen LogP contribution in [0.4, 0.5) is 17.6 Å². The predicted octanol–water partition coefficient (Wildman–Crippen LogP) is 3.71. The molecule has 0 bridgehead atoms. The van der Waals surface area contributed by atoms with E-state index in [0.29, 0.717) is 5.56 Å². The Kier molecular flexibility index (Phi) is 3.08. The molecule has 0 spiro atoms. The SMILES string of the molecule is CC1(c2ccc(F)cc2)C=CC=C(C(F)(F)F)C1=O. The fraction of sp³-hybridized carbons (Fsp3) is 0.214. The van der Waals surface area contributed by atoms with Gasteiger partial charge >= 0.3 is 6.18 Å². The van der Waals surface area contributed by atoms with Gasteiger partial charge in [-0.1, -0.05) is 24.3 Å². The van der Waals surface area contributed by atoms with Gasteiger partial charge in [-0.25, -0.2) is 4.39 Å². The van der Waals surface area contributed by atoms with Crippen LogP contribution in [0.3, 0.4) is 0 Å². The molecule has 1 aromatic carbocycles. The van der Waals surface area contributed by atoms with Gasteiger partial charge < -0.3 is 0 Å². The van der Waals surface area contributed by atoms with Crippen molar-refractivity contribution in [2.75, 3.05) is 0 Å². The number of carbonyl (C=O) groups is 1. The molecule has 2 rings (SSSR count). The van der Waals surface area contributed by atoms with E-state index in [0.717, 1.165) is 18.2 Å². The van der Waals surface area contributed by atoms with Gasteiger partial charge in [-0.2, -0.15) is 13.2 Å². The second-order valence-corrected chi connectivity index (χ2v) is 4.48. The third-order valence-corrected chi connectivity index (χ3v) is 3.16. The number of rotatable bonds is 1. The fourth-order valence-electron chi connectivity index (χ4n) is 2.01. The summed E-state index contributed by atoms with van der Waals surface area (Å²) >= 11 is 0. The van der Waals surface area contributed by atoms with Crippen LogP contribution in [-0.4, -0.2) is 12.0 Å². The van der Waals surface area contributed by atoms with Crippen LogP contribution >= 0.6 is 0 Å². The Bertz CT molecular complexity index is 566. The van der Waals surface area contributed by atoms with Gasteiger partial charge in [0.25, 0.3) is 0 Å². The molecule has 0 N–H and O–H groups in total. The van der Waals surface area contributed by atoms with Gasteiger partial charge in [0.15, 0.2) is 5.78 Å². The van der Waals surface area contributed by atoms with Crippen molar-refractivity contribution in [3.05, 3.63) is 59.4 Å². The molecule has 0 amide bonds. The summed E-state index contributed by atoms with van der Waals surface area (Å²) in [6.07, 6.45) is -1.35. The monoisotopic (exact) mass is 270 g/mol. The molecule has 0 radical (unpaired) electrons. The molecular weight excluding hydrogens is 260 g/mol. The van der Waals surface area contributed by atoms with Crippen LogP contribution in [-0.2, 0) is 10.2 Å². The van der Waals surface area contributed by atoms with E-state index < -0.39 is 28.8 Å². The highest BCUT2D eigenvalue weighted by Crippen LogP contribution is 2.38. The first-order valence-corrected chi connectivity index (χ1v) is 5.53. The molecule has 0 heterocycles. The van der Waals surface area contributed by atoms with Crippen molar-refractivity contribution in [2.45, 2.75) is 18.5 Å². The number of benzene rings is 1. The molecule has 0 aliphatic heterocycles. The number of alkyl halides is 3. The van der Waals surface area contributed by atoms with Crippen LogP contribution in [0.5, 0.6) is 0 Å². The minimum absolute atomic E-state index is 0.324. The summed E-state index contributed by atoms with van der Waals surface area (Å²) in [6, 6.07) is 4.87. The molecule has 1 aliphatic carbocycles. The van der Waals surface area contributed by atoms with Crippen molar-refractivity contribution in [1.29, 1.82) is 0 Å². The van der Waals surface area contributed by atoms with E-state index in [2.05, 4.69) is 0 Å². The molecule has 0 saturated heterocycles. The molecule has 1 nitrogen and oxygen atoms in total. The summed E-state index contributed by atoms with van der Waals surface area (Å²) in [7, 11) is 0. The Labute approximate surface area is 107 Å². The largest absolute Gasteiger partial charge is 0.419 e. The third-order valence-electron chi connectivity index (χ3n) is 3.16. The maximum Gasteiger partial charge on any atom is 0.419 e. The van der Waals surface area contributed by atoms with Crippen molar-refractivity contribution in [3.8, 4) is 0 Å². The maximum atomic E-state index is 12.8. The van der Waals surface area contributed by atoms with Crippen molar-refractivity contribution >= 4 is 5.78 Å². The minimum Gasteiger partial charge on any atom is -0.293 e. The predicted molar refractivity (Wildman–Crippen MR) is 62.0 cm³/mol. The van der Waals surface area contributed by atoms with Crippen LogP contribution in [0.25, 0.3) is 0 Å². The Morgan fingerprint density at radius 2 is 1.68 bits per heavy atom. The van der Waals surface area contributed by atoms with Crippen molar-refractivity contribution in [3.63, 3.8) is 0 Å². The lowest BCUT2D eigenvalue weighted by Crippen LogP contribution is -2.38. The van der Waals surface area contributed by atoms with Crippen LogP contribution in [0.2, 0.25) is 0 Å². The second-order valence-electron chi connectivity index (χ2n) is 4.48. The van der Waals surface area contributed by atoms with Crippen molar-refractivity contribution in [1.82, 2.24) is 0 Å². The zero-order valence-electron chi connectivity index (χ0n) is 9.96. The van der Waals surface area contributed by atoms with Gasteiger partial charge in [0.1, 0.15) is 5.82 Å². The fourth-order valence-corrected chi connectivity index (χ4v) is 2.01. The highest BCUT2D eigenvalue weighted by atomic mass is 19.4. The zero-order valence-corrected chi connectivity index (χ0v) is 9.96. The van der Waals surface area contributed by atoms with E-state index >= 15 is 0 Å². The van der Waals surface area contributed by atoms with Gasteiger partial charge in [0.05, 0.1) is 11.0 Å². The molecule has 0 saturated carbocycles. The first kappa shape index (κ1) is 13.5. The molecule has 1 aromatic rings. The number of carbonyl (C=O) groups excluding carboxylic acids is 1. The summed E-state index contributed by atoms with van der Waals surface area (Å²) < 4.78 is 51.0. The summed E-state index contributed by atoms with van der Waals surface area (Å²) in [5.41, 5.74) is -2.29. The molecule has 1 unspecified atom stereocenters. The molecule has 19 heavy (non-hydrogen) atoms. The Morgan fingerprint density at radius 1 is 1.11 bits per heavy atom. The average Bonchev–Trinajstić information content (AvgIpc) is 2.32. The summed E-state index contributed by atoms with van der Waals surface area (Å²) in [6.45, 7) is 1.39. The average molecular weight is 270 g/mol. The van der Waals surface area contributed by atoms with Crippen LogP contribution in [0.15, 0.2) is 48.1 Å². The molecule has 0 aromatic heterocycles. The highest BCUT2D eigenvalue weighted by molar-refractivity contribution is 6.07. The summed E-state index contributed by atoms with van der Waals surface area (Å²) in [5, 5.41) is 0. The number of hydrogen-bond acceptors (Lipinski definition) is 1. The second kappa shape index (κ2) is 4.33. The maximum absolute atomic E-state index is 12.8. The van der Waals surface area contributed by atoms with Crippen LogP contribution < -0.4 is 0 Å². The molecule has 1 aliphatic rings. The third kappa shape index (κ3) is 2.32. The molecule has 0 fully saturated rings. The molecular formula is C14H10F4O. The van der Waals surface area contributed by atoms with E-state index in [1.54, 1.807) is 0 Å².